The van der Waals surface area contributed by atoms with Crippen molar-refractivity contribution in [1.82, 2.24) is 10.3 Å². The van der Waals surface area contributed by atoms with Gasteiger partial charge in [-0.15, -0.1) is 0 Å². The minimum atomic E-state index is -1.02. The summed E-state index contributed by atoms with van der Waals surface area (Å²) >= 11 is 6.12. The van der Waals surface area contributed by atoms with Crippen LogP contribution in [0, 0.1) is 0 Å². The molecular formula is C17H17ClN2O3. The Morgan fingerprint density at radius 3 is 2.70 bits per heavy atom. The van der Waals surface area contributed by atoms with E-state index in [1.165, 1.54) is 0 Å². The Morgan fingerprint density at radius 2 is 2.04 bits per heavy atom. The number of hydrogen-bond acceptors (Lipinski definition) is 3. The van der Waals surface area contributed by atoms with Crippen LogP contribution in [0.1, 0.15) is 41.0 Å². The standard InChI is InChI=1S/C17H17ClN2O3/c1-2-11-7-8-19-15(9-11)17(23)20-14(10-16(21)22)12-5-3-4-6-13(12)18/h3-9,14H,2,10H2,1H3,(H,20,23)(H,21,22)/t14-/m1/s1. The lowest BCUT2D eigenvalue weighted by atomic mass is 10.0. The molecule has 1 aromatic heterocycles. The van der Waals surface area contributed by atoms with Gasteiger partial charge in [0.1, 0.15) is 5.69 Å². The maximum Gasteiger partial charge on any atom is 0.305 e. The van der Waals surface area contributed by atoms with Crippen molar-refractivity contribution in [3.63, 3.8) is 0 Å². The second-order valence-corrected chi connectivity index (χ2v) is 5.46. The quantitative estimate of drug-likeness (QED) is 0.851. The van der Waals surface area contributed by atoms with E-state index in [9.17, 15) is 9.59 Å². The van der Waals surface area contributed by atoms with E-state index in [0.717, 1.165) is 12.0 Å². The van der Waals surface area contributed by atoms with Crippen LogP contribution in [0.25, 0.3) is 0 Å². The first-order chi connectivity index (χ1) is 11.0. The van der Waals surface area contributed by atoms with Gasteiger partial charge in [0, 0.05) is 11.2 Å². The molecule has 2 rings (SSSR count). The Bertz CT molecular complexity index is 718. The fourth-order valence-corrected chi connectivity index (χ4v) is 2.49. The topological polar surface area (TPSA) is 79.3 Å². The summed E-state index contributed by atoms with van der Waals surface area (Å²) < 4.78 is 0. The van der Waals surface area contributed by atoms with Crippen molar-refractivity contribution < 1.29 is 14.7 Å². The number of aromatic nitrogens is 1. The van der Waals surface area contributed by atoms with Crippen LogP contribution >= 0.6 is 11.6 Å². The van der Waals surface area contributed by atoms with Gasteiger partial charge < -0.3 is 10.4 Å². The molecule has 23 heavy (non-hydrogen) atoms. The number of amides is 1. The average molecular weight is 333 g/mol. The van der Waals surface area contributed by atoms with Crippen LogP contribution < -0.4 is 5.32 Å². The third-order valence-corrected chi connectivity index (χ3v) is 3.77. The maximum atomic E-state index is 12.4. The van der Waals surface area contributed by atoms with Gasteiger partial charge in [0.25, 0.3) is 5.91 Å². The highest BCUT2D eigenvalue weighted by molar-refractivity contribution is 6.31. The van der Waals surface area contributed by atoms with Crippen molar-refractivity contribution in [2.45, 2.75) is 25.8 Å². The van der Waals surface area contributed by atoms with E-state index in [4.69, 9.17) is 16.7 Å². The van der Waals surface area contributed by atoms with Gasteiger partial charge in [-0.25, -0.2) is 0 Å². The summed E-state index contributed by atoms with van der Waals surface area (Å²) in [6, 6.07) is 9.66. The highest BCUT2D eigenvalue weighted by Gasteiger charge is 2.21. The molecule has 0 saturated carbocycles. The summed E-state index contributed by atoms with van der Waals surface area (Å²) in [6.07, 6.45) is 2.09. The zero-order valence-electron chi connectivity index (χ0n) is 12.6. The smallest absolute Gasteiger partial charge is 0.305 e. The summed E-state index contributed by atoms with van der Waals surface area (Å²) in [6.45, 7) is 1.98. The molecule has 120 valence electrons. The Labute approximate surface area is 139 Å². The van der Waals surface area contributed by atoms with E-state index >= 15 is 0 Å². The first-order valence-corrected chi connectivity index (χ1v) is 7.61. The molecule has 1 aromatic carbocycles. The van der Waals surface area contributed by atoms with Crippen molar-refractivity contribution in [3.8, 4) is 0 Å². The van der Waals surface area contributed by atoms with Crippen LogP contribution in [-0.4, -0.2) is 22.0 Å². The number of benzene rings is 1. The monoisotopic (exact) mass is 332 g/mol. The molecule has 0 aliphatic heterocycles. The van der Waals surface area contributed by atoms with Crippen molar-refractivity contribution in [3.05, 3.63) is 64.4 Å². The molecule has 0 bridgehead atoms. The Morgan fingerprint density at radius 1 is 1.30 bits per heavy atom. The summed E-state index contributed by atoms with van der Waals surface area (Å²) in [4.78, 5) is 27.5. The molecule has 1 atom stereocenters. The zero-order chi connectivity index (χ0) is 16.8. The molecular weight excluding hydrogens is 316 g/mol. The molecule has 5 nitrogen and oxygen atoms in total. The Hall–Kier alpha value is -2.40. The van der Waals surface area contributed by atoms with Gasteiger partial charge in [0.05, 0.1) is 12.5 Å². The molecule has 0 radical (unpaired) electrons. The second kappa shape index (κ2) is 7.74. The number of carboxylic acids is 1. The molecule has 1 heterocycles. The van der Waals surface area contributed by atoms with Crippen LogP contribution in [-0.2, 0) is 11.2 Å². The molecule has 0 unspecified atom stereocenters. The lowest BCUT2D eigenvalue weighted by molar-refractivity contribution is -0.137. The highest BCUT2D eigenvalue weighted by Crippen LogP contribution is 2.25. The van der Waals surface area contributed by atoms with Crippen LogP contribution in [0.3, 0.4) is 0 Å². The number of nitrogens with zero attached hydrogens (tertiary/aromatic N) is 1. The number of carbonyl (C=O) groups excluding carboxylic acids is 1. The third-order valence-electron chi connectivity index (χ3n) is 3.43. The van der Waals surface area contributed by atoms with E-state index in [-0.39, 0.29) is 12.1 Å². The van der Waals surface area contributed by atoms with Crippen molar-refractivity contribution >= 4 is 23.5 Å². The first-order valence-electron chi connectivity index (χ1n) is 7.23. The number of carboxylic acid groups (broad SMARTS) is 1. The second-order valence-electron chi connectivity index (χ2n) is 5.05. The molecule has 2 N–H and O–H groups in total. The van der Waals surface area contributed by atoms with Crippen molar-refractivity contribution in [2.75, 3.05) is 0 Å². The molecule has 0 spiro atoms. The summed E-state index contributed by atoms with van der Waals surface area (Å²) in [5, 5.41) is 12.2. The highest BCUT2D eigenvalue weighted by atomic mass is 35.5. The molecule has 1 amide bonds. The number of nitrogens with one attached hydrogen (secondary N) is 1. The largest absolute Gasteiger partial charge is 0.481 e. The molecule has 2 aromatic rings. The van der Waals surface area contributed by atoms with Crippen molar-refractivity contribution in [2.24, 2.45) is 0 Å². The van der Waals surface area contributed by atoms with E-state index in [1.54, 1.807) is 36.5 Å². The van der Waals surface area contributed by atoms with Gasteiger partial charge in [0.15, 0.2) is 0 Å². The van der Waals surface area contributed by atoms with E-state index in [2.05, 4.69) is 10.3 Å². The SMILES string of the molecule is CCc1ccnc(C(=O)N[C@H](CC(=O)O)c2ccccc2Cl)c1. The van der Waals surface area contributed by atoms with Gasteiger partial charge in [-0.05, 0) is 35.7 Å². The normalized spacial score (nSPS) is 11.7. The predicted molar refractivity (Wildman–Crippen MR) is 87.5 cm³/mol. The van der Waals surface area contributed by atoms with Crippen LogP contribution in [0.2, 0.25) is 5.02 Å². The summed E-state index contributed by atoms with van der Waals surface area (Å²) in [7, 11) is 0. The number of rotatable bonds is 6. The fraction of sp³-hybridized carbons (Fsp3) is 0.235. The summed E-state index contributed by atoms with van der Waals surface area (Å²) in [5.41, 5.74) is 1.81. The zero-order valence-corrected chi connectivity index (χ0v) is 13.4. The van der Waals surface area contributed by atoms with E-state index in [0.29, 0.717) is 10.6 Å². The number of aryl methyl sites for hydroxylation is 1. The maximum absolute atomic E-state index is 12.4. The minimum absolute atomic E-state index is 0.256. The lowest BCUT2D eigenvalue weighted by Crippen LogP contribution is -2.31. The van der Waals surface area contributed by atoms with Crippen LogP contribution in [0.15, 0.2) is 42.6 Å². The van der Waals surface area contributed by atoms with E-state index in [1.807, 2.05) is 13.0 Å². The number of aliphatic carboxylic acids is 1. The van der Waals surface area contributed by atoms with E-state index < -0.39 is 17.9 Å². The van der Waals surface area contributed by atoms with Gasteiger partial charge in [0.2, 0.25) is 0 Å². The molecule has 0 aliphatic rings. The number of halogens is 1. The average Bonchev–Trinajstić information content (AvgIpc) is 2.54. The number of pyridine rings is 1. The fourth-order valence-electron chi connectivity index (χ4n) is 2.22. The lowest BCUT2D eigenvalue weighted by Gasteiger charge is -2.18. The molecule has 6 heteroatoms. The Balaban J connectivity index is 2.25. The van der Waals surface area contributed by atoms with Crippen molar-refractivity contribution in [1.29, 1.82) is 0 Å². The third kappa shape index (κ3) is 4.53. The number of hydrogen-bond donors (Lipinski definition) is 2. The van der Waals surface area contributed by atoms with Crippen LogP contribution in [0.4, 0.5) is 0 Å². The molecule has 0 saturated heterocycles. The minimum Gasteiger partial charge on any atom is -0.481 e. The van der Waals surface area contributed by atoms with Gasteiger partial charge >= 0.3 is 5.97 Å². The van der Waals surface area contributed by atoms with Gasteiger partial charge in [-0.3, -0.25) is 14.6 Å². The first kappa shape index (κ1) is 17.0. The molecule has 0 aliphatic carbocycles. The van der Waals surface area contributed by atoms with Crippen LogP contribution in [0.5, 0.6) is 0 Å². The predicted octanol–water partition coefficient (Wildman–Crippen LogP) is 3.24. The van der Waals surface area contributed by atoms with Gasteiger partial charge in [-0.2, -0.15) is 0 Å². The Kier molecular flexibility index (Phi) is 5.71. The molecule has 0 fully saturated rings. The summed E-state index contributed by atoms with van der Waals surface area (Å²) in [5.74, 6) is -1.45. The van der Waals surface area contributed by atoms with Gasteiger partial charge in [-0.1, -0.05) is 36.7 Å². The number of carbonyl (C=O) groups is 2.